The van der Waals surface area contributed by atoms with Crippen LogP contribution in [0.25, 0.3) is 0 Å². The van der Waals surface area contributed by atoms with Gasteiger partial charge in [0.25, 0.3) is 0 Å². The summed E-state index contributed by atoms with van der Waals surface area (Å²) < 4.78 is 5.17. The lowest BCUT2D eigenvalue weighted by Crippen LogP contribution is -2.33. The summed E-state index contributed by atoms with van der Waals surface area (Å²) in [5, 5.41) is 3.71. The maximum Gasteiger partial charge on any atom is 0.0467 e. The molecule has 1 aliphatic heterocycles. The molecule has 0 saturated carbocycles. The topological polar surface area (TPSA) is 21.3 Å². The molecule has 0 spiro atoms. The molecule has 1 aromatic carbocycles. The van der Waals surface area contributed by atoms with Crippen LogP contribution < -0.4 is 5.32 Å². The van der Waals surface area contributed by atoms with Gasteiger partial charge in [0.2, 0.25) is 0 Å². The quantitative estimate of drug-likeness (QED) is 0.851. The molecule has 2 rings (SSSR count). The predicted molar refractivity (Wildman–Crippen MR) is 78.2 cm³/mol. The highest BCUT2D eigenvalue weighted by atomic mass is 32.2. The van der Waals surface area contributed by atoms with Gasteiger partial charge < -0.3 is 10.1 Å². The third-order valence-corrected chi connectivity index (χ3v) is 4.69. The number of ether oxygens (including phenoxy) is 1. The highest BCUT2D eigenvalue weighted by Gasteiger charge is 2.25. The van der Waals surface area contributed by atoms with Gasteiger partial charge in [-0.15, -0.1) is 11.8 Å². The second-order valence-electron chi connectivity index (χ2n) is 5.69. The Morgan fingerprint density at radius 3 is 2.94 bits per heavy atom. The van der Waals surface area contributed by atoms with E-state index in [0.29, 0.717) is 6.04 Å². The first-order chi connectivity index (χ1) is 8.62. The number of benzene rings is 1. The first-order valence-electron chi connectivity index (χ1n) is 6.56. The maximum absolute atomic E-state index is 5.17. The van der Waals surface area contributed by atoms with Crippen molar-refractivity contribution in [2.75, 3.05) is 26.0 Å². The fourth-order valence-electron chi connectivity index (χ4n) is 2.20. The monoisotopic (exact) mass is 265 g/mol. The van der Waals surface area contributed by atoms with Gasteiger partial charge in [0.05, 0.1) is 0 Å². The fourth-order valence-corrected chi connectivity index (χ4v) is 3.39. The van der Waals surface area contributed by atoms with Gasteiger partial charge in [-0.05, 0) is 23.5 Å². The number of nitrogens with one attached hydrogen (secondary N) is 1. The van der Waals surface area contributed by atoms with Crippen LogP contribution in [-0.2, 0) is 4.74 Å². The first-order valence-corrected chi connectivity index (χ1v) is 7.55. The van der Waals surface area contributed by atoms with Gasteiger partial charge in [0.1, 0.15) is 0 Å². The Balaban J connectivity index is 1.88. The molecule has 1 atom stereocenters. The van der Waals surface area contributed by atoms with Crippen LogP contribution in [0.4, 0.5) is 0 Å². The molecule has 18 heavy (non-hydrogen) atoms. The number of hydrogen-bond donors (Lipinski definition) is 1. The van der Waals surface area contributed by atoms with Crippen molar-refractivity contribution in [3.8, 4) is 0 Å². The lowest BCUT2D eigenvalue weighted by atomic mass is 9.89. The lowest BCUT2D eigenvalue weighted by molar-refractivity contribution is 0.149. The highest BCUT2D eigenvalue weighted by Crippen LogP contribution is 2.38. The number of fused-ring (bicyclic) bond motifs is 1. The van der Waals surface area contributed by atoms with Gasteiger partial charge in [-0.25, -0.2) is 0 Å². The average Bonchev–Trinajstić information content (AvgIpc) is 2.78. The molecule has 1 aliphatic rings. The van der Waals surface area contributed by atoms with Crippen LogP contribution >= 0.6 is 11.8 Å². The molecule has 0 fully saturated rings. The van der Waals surface area contributed by atoms with E-state index in [1.807, 2.05) is 11.8 Å². The van der Waals surface area contributed by atoms with Crippen LogP contribution in [0.5, 0.6) is 0 Å². The highest BCUT2D eigenvalue weighted by molar-refractivity contribution is 7.99. The van der Waals surface area contributed by atoms with E-state index in [-0.39, 0.29) is 5.41 Å². The zero-order valence-corrected chi connectivity index (χ0v) is 12.3. The van der Waals surface area contributed by atoms with Crippen molar-refractivity contribution < 1.29 is 4.74 Å². The molecule has 0 aromatic heterocycles. The van der Waals surface area contributed by atoms with Gasteiger partial charge in [0.15, 0.2) is 0 Å². The minimum atomic E-state index is 0.290. The first kappa shape index (κ1) is 13.9. The summed E-state index contributed by atoms with van der Waals surface area (Å²) in [5.74, 6) is 1.15. The van der Waals surface area contributed by atoms with E-state index in [9.17, 15) is 0 Å². The average molecular weight is 265 g/mol. The lowest BCUT2D eigenvalue weighted by Gasteiger charge is -2.27. The molecular formula is C15H23NOS. The van der Waals surface area contributed by atoms with Crippen molar-refractivity contribution >= 4 is 11.8 Å². The Labute approximate surface area is 114 Å². The van der Waals surface area contributed by atoms with Crippen molar-refractivity contribution in [3.05, 3.63) is 29.8 Å². The molecule has 0 radical (unpaired) electrons. The normalized spacial score (nSPS) is 18.9. The van der Waals surface area contributed by atoms with E-state index >= 15 is 0 Å². The predicted octanol–water partition coefficient (Wildman–Crippen LogP) is 3.49. The van der Waals surface area contributed by atoms with Crippen molar-refractivity contribution in [2.45, 2.75) is 31.2 Å². The third kappa shape index (κ3) is 3.50. The molecule has 1 aromatic rings. The molecule has 0 bridgehead atoms. The van der Waals surface area contributed by atoms with E-state index in [1.165, 1.54) is 10.5 Å². The summed E-state index contributed by atoms with van der Waals surface area (Å²) in [4.78, 5) is 1.43. The van der Waals surface area contributed by atoms with Crippen molar-refractivity contribution in [2.24, 2.45) is 5.41 Å². The van der Waals surface area contributed by atoms with E-state index in [4.69, 9.17) is 4.74 Å². The zero-order chi connectivity index (χ0) is 13.0. The van der Waals surface area contributed by atoms with Crippen LogP contribution in [0.15, 0.2) is 29.2 Å². The van der Waals surface area contributed by atoms with Gasteiger partial charge in [-0.1, -0.05) is 32.0 Å². The Bertz CT molecular complexity index is 392. The summed E-state index contributed by atoms with van der Waals surface area (Å²) in [6, 6.07) is 9.23. The summed E-state index contributed by atoms with van der Waals surface area (Å²) in [6.45, 7) is 6.47. The summed E-state index contributed by atoms with van der Waals surface area (Å²) in [6.07, 6.45) is 1.10. The van der Waals surface area contributed by atoms with Crippen LogP contribution in [0.1, 0.15) is 31.9 Å². The molecule has 1 N–H and O–H groups in total. The minimum Gasteiger partial charge on any atom is -0.385 e. The molecule has 1 heterocycles. The van der Waals surface area contributed by atoms with Crippen molar-refractivity contribution in [3.63, 3.8) is 0 Å². The third-order valence-electron chi connectivity index (χ3n) is 3.51. The Hall–Kier alpha value is -0.510. The number of hydrogen-bond acceptors (Lipinski definition) is 3. The maximum atomic E-state index is 5.17. The van der Waals surface area contributed by atoms with Crippen LogP contribution in [-0.4, -0.2) is 26.0 Å². The van der Waals surface area contributed by atoms with E-state index in [0.717, 1.165) is 25.3 Å². The Morgan fingerprint density at radius 2 is 2.17 bits per heavy atom. The van der Waals surface area contributed by atoms with Gasteiger partial charge >= 0.3 is 0 Å². The van der Waals surface area contributed by atoms with E-state index in [1.54, 1.807) is 7.11 Å². The van der Waals surface area contributed by atoms with Crippen molar-refractivity contribution in [1.29, 1.82) is 0 Å². The molecule has 100 valence electrons. The fraction of sp³-hybridized carbons (Fsp3) is 0.600. The standard InChI is InChI=1S/C15H23NOS/c1-15(2,8-9-17-3)11-16-13-10-18-14-7-5-4-6-12(13)14/h4-7,13,16H,8-11H2,1-3H3. The molecule has 3 heteroatoms. The SMILES string of the molecule is COCCC(C)(C)CNC1CSc2ccccc21. The number of thioether (sulfide) groups is 1. The van der Waals surface area contributed by atoms with Crippen LogP contribution in [0.3, 0.4) is 0 Å². The minimum absolute atomic E-state index is 0.290. The molecule has 2 nitrogen and oxygen atoms in total. The number of methoxy groups -OCH3 is 1. The second-order valence-corrected chi connectivity index (χ2v) is 6.75. The molecule has 0 aliphatic carbocycles. The Kier molecular flexibility index (Phi) is 4.71. The van der Waals surface area contributed by atoms with Gasteiger partial charge in [0, 0.05) is 37.0 Å². The number of rotatable bonds is 6. The summed E-state index contributed by atoms with van der Waals surface area (Å²) in [7, 11) is 1.77. The van der Waals surface area contributed by atoms with E-state index in [2.05, 4.69) is 43.4 Å². The zero-order valence-electron chi connectivity index (χ0n) is 11.5. The van der Waals surface area contributed by atoms with E-state index < -0.39 is 0 Å². The van der Waals surface area contributed by atoms with Gasteiger partial charge in [-0.2, -0.15) is 0 Å². The largest absolute Gasteiger partial charge is 0.385 e. The smallest absolute Gasteiger partial charge is 0.0467 e. The van der Waals surface area contributed by atoms with Gasteiger partial charge in [-0.3, -0.25) is 0 Å². The summed E-state index contributed by atoms with van der Waals surface area (Å²) >= 11 is 1.96. The Morgan fingerprint density at radius 1 is 1.39 bits per heavy atom. The van der Waals surface area contributed by atoms with Crippen LogP contribution in [0.2, 0.25) is 0 Å². The molecule has 0 amide bonds. The molecular weight excluding hydrogens is 242 g/mol. The summed E-state index contributed by atoms with van der Waals surface area (Å²) in [5.41, 5.74) is 1.75. The second kappa shape index (κ2) is 6.09. The van der Waals surface area contributed by atoms with Crippen LogP contribution in [0, 0.1) is 5.41 Å². The van der Waals surface area contributed by atoms with Crippen molar-refractivity contribution in [1.82, 2.24) is 5.32 Å². The molecule has 1 unspecified atom stereocenters. The molecule has 0 saturated heterocycles.